The number of allylic oxidation sites excluding steroid dienone is 2. The molecule has 92 valence electrons. The highest BCUT2D eigenvalue weighted by Gasteiger charge is 2.46. The third-order valence-corrected chi connectivity index (χ3v) is 4.92. The lowest BCUT2D eigenvalue weighted by atomic mass is 9.58. The van der Waals surface area contributed by atoms with Crippen LogP contribution in [-0.2, 0) is 0 Å². The van der Waals surface area contributed by atoms with E-state index in [9.17, 15) is 5.11 Å². The van der Waals surface area contributed by atoms with Crippen molar-refractivity contribution in [2.75, 3.05) is 0 Å². The van der Waals surface area contributed by atoms with E-state index >= 15 is 0 Å². The summed E-state index contributed by atoms with van der Waals surface area (Å²) in [7, 11) is 0. The average Bonchev–Trinajstić information content (AvgIpc) is 2.16. The largest absolute Gasteiger partial charge is 0.390 e. The van der Waals surface area contributed by atoms with Crippen molar-refractivity contribution >= 4 is 0 Å². The summed E-state index contributed by atoms with van der Waals surface area (Å²) in [5, 5.41) is 10.5. The Labute approximate surface area is 99.9 Å². The Kier molecular flexibility index (Phi) is 3.18. The van der Waals surface area contributed by atoms with Gasteiger partial charge in [-0.15, -0.1) is 0 Å². The fourth-order valence-corrected chi connectivity index (χ4v) is 3.87. The van der Waals surface area contributed by atoms with Crippen molar-refractivity contribution in [3.63, 3.8) is 0 Å². The normalized spacial score (nSPS) is 44.1. The fraction of sp³-hybridized carbons (Fsp3) is 0.867. The minimum atomic E-state index is -0.423. The van der Waals surface area contributed by atoms with Crippen LogP contribution in [0.1, 0.15) is 53.4 Å². The standard InChI is InChI=1S/C15H26O/c1-10(2)12-7-8-15(4,16)14-6-5-11(3)9-13(12)14/h9-10,12-14,16H,5-8H2,1-4H3/t12?,13-,14-,15+/m0/s1. The smallest absolute Gasteiger partial charge is 0.0653 e. The van der Waals surface area contributed by atoms with Crippen LogP contribution in [0.3, 0.4) is 0 Å². The Morgan fingerprint density at radius 1 is 1.38 bits per heavy atom. The van der Waals surface area contributed by atoms with Crippen LogP contribution in [0.15, 0.2) is 11.6 Å². The van der Waals surface area contributed by atoms with Crippen molar-refractivity contribution in [1.82, 2.24) is 0 Å². The van der Waals surface area contributed by atoms with Crippen LogP contribution in [0, 0.1) is 23.7 Å². The van der Waals surface area contributed by atoms with Crippen molar-refractivity contribution in [2.45, 2.75) is 59.0 Å². The topological polar surface area (TPSA) is 20.2 Å². The van der Waals surface area contributed by atoms with Gasteiger partial charge in [-0.1, -0.05) is 25.5 Å². The van der Waals surface area contributed by atoms with Gasteiger partial charge in [0.05, 0.1) is 5.60 Å². The molecule has 2 aliphatic carbocycles. The van der Waals surface area contributed by atoms with Gasteiger partial charge in [-0.25, -0.2) is 0 Å². The zero-order chi connectivity index (χ0) is 11.9. The number of hydrogen-bond acceptors (Lipinski definition) is 1. The SMILES string of the molecule is CC1=C[C@H]2C(C(C)C)CC[C@@](C)(O)[C@H]2CC1. The summed E-state index contributed by atoms with van der Waals surface area (Å²) in [6, 6.07) is 0. The molecule has 0 aliphatic heterocycles. The molecule has 2 aliphatic rings. The van der Waals surface area contributed by atoms with E-state index in [0.29, 0.717) is 11.8 Å². The summed E-state index contributed by atoms with van der Waals surface area (Å²) in [6.45, 7) is 8.96. The molecule has 4 atom stereocenters. The molecule has 0 spiro atoms. The van der Waals surface area contributed by atoms with E-state index in [0.717, 1.165) is 18.3 Å². The van der Waals surface area contributed by atoms with Crippen LogP contribution in [0.4, 0.5) is 0 Å². The summed E-state index contributed by atoms with van der Waals surface area (Å²) in [5.41, 5.74) is 1.11. The quantitative estimate of drug-likeness (QED) is 0.669. The summed E-state index contributed by atoms with van der Waals surface area (Å²) in [5.74, 6) is 2.64. The van der Waals surface area contributed by atoms with E-state index in [2.05, 4.69) is 33.8 Å². The highest BCUT2D eigenvalue weighted by molar-refractivity contribution is 5.13. The van der Waals surface area contributed by atoms with Gasteiger partial charge in [-0.3, -0.25) is 0 Å². The first-order valence-electron chi connectivity index (χ1n) is 6.81. The molecular weight excluding hydrogens is 196 g/mol. The van der Waals surface area contributed by atoms with Gasteiger partial charge in [-0.05, 0) is 63.2 Å². The molecule has 1 nitrogen and oxygen atoms in total. The molecule has 0 aromatic heterocycles. The maximum Gasteiger partial charge on any atom is 0.0653 e. The van der Waals surface area contributed by atoms with E-state index in [1.807, 2.05) is 0 Å². The molecular formula is C15H26O. The van der Waals surface area contributed by atoms with Crippen LogP contribution < -0.4 is 0 Å². The van der Waals surface area contributed by atoms with E-state index in [-0.39, 0.29) is 0 Å². The summed E-state index contributed by atoms with van der Waals surface area (Å²) >= 11 is 0. The molecule has 1 fully saturated rings. The van der Waals surface area contributed by atoms with Gasteiger partial charge in [0.1, 0.15) is 0 Å². The van der Waals surface area contributed by atoms with E-state index < -0.39 is 5.60 Å². The van der Waals surface area contributed by atoms with Crippen LogP contribution >= 0.6 is 0 Å². The van der Waals surface area contributed by atoms with Crippen molar-refractivity contribution in [2.24, 2.45) is 23.7 Å². The Hall–Kier alpha value is -0.300. The fourth-order valence-electron chi connectivity index (χ4n) is 3.87. The Bertz CT molecular complexity index is 288. The van der Waals surface area contributed by atoms with Gasteiger partial charge < -0.3 is 5.11 Å². The van der Waals surface area contributed by atoms with E-state index in [1.54, 1.807) is 0 Å². The second-order valence-electron chi connectivity index (χ2n) is 6.54. The van der Waals surface area contributed by atoms with Gasteiger partial charge in [0.2, 0.25) is 0 Å². The second-order valence-corrected chi connectivity index (χ2v) is 6.54. The molecule has 0 heterocycles. The predicted octanol–water partition coefficient (Wildman–Crippen LogP) is 3.78. The predicted molar refractivity (Wildman–Crippen MR) is 68.2 cm³/mol. The molecule has 0 radical (unpaired) electrons. The second kappa shape index (κ2) is 4.18. The molecule has 1 unspecified atom stereocenters. The lowest BCUT2D eigenvalue weighted by Gasteiger charge is -2.49. The molecule has 2 rings (SSSR count). The Morgan fingerprint density at radius 3 is 2.69 bits per heavy atom. The highest BCUT2D eigenvalue weighted by Crippen LogP contribution is 2.49. The van der Waals surface area contributed by atoms with Gasteiger partial charge >= 0.3 is 0 Å². The minimum absolute atomic E-state index is 0.423. The zero-order valence-electron chi connectivity index (χ0n) is 11.2. The molecule has 0 saturated heterocycles. The molecule has 0 bridgehead atoms. The minimum Gasteiger partial charge on any atom is -0.390 e. The molecule has 1 N–H and O–H groups in total. The van der Waals surface area contributed by atoms with Crippen molar-refractivity contribution in [3.8, 4) is 0 Å². The maximum absolute atomic E-state index is 10.5. The van der Waals surface area contributed by atoms with Crippen LogP contribution in [0.5, 0.6) is 0 Å². The first-order valence-corrected chi connectivity index (χ1v) is 6.81. The lowest BCUT2D eigenvalue weighted by molar-refractivity contribution is -0.0807. The summed E-state index contributed by atoms with van der Waals surface area (Å²) in [6.07, 6.45) is 7.01. The summed E-state index contributed by atoms with van der Waals surface area (Å²) in [4.78, 5) is 0. The molecule has 0 aromatic rings. The van der Waals surface area contributed by atoms with Gasteiger partial charge in [0, 0.05) is 0 Å². The van der Waals surface area contributed by atoms with E-state index in [1.165, 1.54) is 24.8 Å². The van der Waals surface area contributed by atoms with Crippen LogP contribution in [0.25, 0.3) is 0 Å². The third-order valence-electron chi connectivity index (χ3n) is 4.92. The first kappa shape index (κ1) is 12.2. The van der Waals surface area contributed by atoms with Crippen molar-refractivity contribution in [3.05, 3.63) is 11.6 Å². The molecule has 0 aromatic carbocycles. The molecule has 1 heteroatoms. The molecule has 16 heavy (non-hydrogen) atoms. The number of fused-ring (bicyclic) bond motifs is 1. The highest BCUT2D eigenvalue weighted by atomic mass is 16.3. The Morgan fingerprint density at radius 2 is 2.06 bits per heavy atom. The van der Waals surface area contributed by atoms with Gasteiger partial charge in [-0.2, -0.15) is 0 Å². The molecule has 1 saturated carbocycles. The van der Waals surface area contributed by atoms with Gasteiger partial charge in [0.15, 0.2) is 0 Å². The van der Waals surface area contributed by atoms with Crippen molar-refractivity contribution in [1.29, 1.82) is 0 Å². The first-order chi connectivity index (χ1) is 7.42. The maximum atomic E-state index is 10.5. The monoisotopic (exact) mass is 222 g/mol. The average molecular weight is 222 g/mol. The number of rotatable bonds is 1. The zero-order valence-corrected chi connectivity index (χ0v) is 11.2. The third kappa shape index (κ3) is 2.07. The van der Waals surface area contributed by atoms with Crippen LogP contribution in [-0.4, -0.2) is 10.7 Å². The number of aliphatic hydroxyl groups is 1. The summed E-state index contributed by atoms with van der Waals surface area (Å²) < 4.78 is 0. The lowest BCUT2D eigenvalue weighted by Crippen LogP contribution is -2.48. The molecule has 0 amide bonds. The van der Waals surface area contributed by atoms with E-state index in [4.69, 9.17) is 0 Å². The van der Waals surface area contributed by atoms with Gasteiger partial charge in [0.25, 0.3) is 0 Å². The van der Waals surface area contributed by atoms with Crippen molar-refractivity contribution < 1.29 is 5.11 Å². The Balaban J connectivity index is 2.27. The van der Waals surface area contributed by atoms with Crippen LogP contribution in [0.2, 0.25) is 0 Å². The number of hydrogen-bond donors (Lipinski definition) is 1.